The summed E-state index contributed by atoms with van der Waals surface area (Å²) in [4.78, 5) is 24.2. The SMILES string of the molecule is CC(OC(=O)CCC1CCCC1)C(=O)c1ccc(NS(C)(=O)=O)cc1. The molecule has 0 amide bonds. The number of ether oxygens (including phenoxy) is 1. The molecule has 7 heteroatoms. The zero-order valence-electron chi connectivity index (χ0n) is 14.7. The Kier molecular flexibility index (Phi) is 6.58. The van der Waals surface area contributed by atoms with Crippen LogP contribution in [0.15, 0.2) is 24.3 Å². The highest BCUT2D eigenvalue weighted by Crippen LogP contribution is 2.28. The summed E-state index contributed by atoms with van der Waals surface area (Å²) in [6.45, 7) is 1.55. The van der Waals surface area contributed by atoms with Crippen molar-refractivity contribution < 1.29 is 22.7 Å². The van der Waals surface area contributed by atoms with E-state index in [-0.39, 0.29) is 11.8 Å². The molecule has 1 aliphatic carbocycles. The van der Waals surface area contributed by atoms with Crippen molar-refractivity contribution in [3.63, 3.8) is 0 Å². The Bertz CT molecular complexity index is 705. The van der Waals surface area contributed by atoms with Crippen LogP contribution in [0.25, 0.3) is 0 Å². The molecule has 6 nitrogen and oxygen atoms in total. The van der Waals surface area contributed by atoms with E-state index < -0.39 is 16.1 Å². The van der Waals surface area contributed by atoms with E-state index in [1.165, 1.54) is 49.9 Å². The van der Waals surface area contributed by atoms with Gasteiger partial charge in [-0.3, -0.25) is 14.3 Å². The fourth-order valence-corrected chi connectivity index (χ4v) is 3.65. The molecule has 0 bridgehead atoms. The second-order valence-electron chi connectivity index (χ2n) is 6.64. The largest absolute Gasteiger partial charge is 0.454 e. The molecule has 1 fully saturated rings. The highest BCUT2D eigenvalue weighted by atomic mass is 32.2. The molecule has 1 unspecified atom stereocenters. The topological polar surface area (TPSA) is 89.5 Å². The number of sulfonamides is 1. The summed E-state index contributed by atoms with van der Waals surface area (Å²) in [7, 11) is -3.36. The lowest BCUT2D eigenvalue weighted by Crippen LogP contribution is -2.24. The van der Waals surface area contributed by atoms with Gasteiger partial charge in [0.1, 0.15) is 0 Å². The second kappa shape index (κ2) is 8.47. The number of esters is 1. The average molecular weight is 367 g/mol. The summed E-state index contributed by atoms with van der Waals surface area (Å²) in [6.07, 6.45) is 6.19. The standard InChI is InChI=1S/C18H25NO5S/c1-13(24-17(20)12-7-14-5-3-4-6-14)18(21)15-8-10-16(11-9-15)19-25(2,22)23/h8-11,13-14,19H,3-7,12H2,1-2H3. The van der Waals surface area contributed by atoms with E-state index in [4.69, 9.17) is 4.74 Å². The lowest BCUT2D eigenvalue weighted by atomic mass is 10.0. The van der Waals surface area contributed by atoms with Gasteiger partial charge in [-0.1, -0.05) is 25.7 Å². The van der Waals surface area contributed by atoms with Crippen molar-refractivity contribution in [2.75, 3.05) is 11.0 Å². The van der Waals surface area contributed by atoms with Gasteiger partial charge < -0.3 is 4.74 Å². The molecule has 0 heterocycles. The van der Waals surface area contributed by atoms with Gasteiger partial charge in [0, 0.05) is 17.7 Å². The van der Waals surface area contributed by atoms with Crippen LogP contribution in [0.5, 0.6) is 0 Å². The number of nitrogens with one attached hydrogen (secondary N) is 1. The third-order valence-corrected chi connectivity index (χ3v) is 4.99. The van der Waals surface area contributed by atoms with Crippen LogP contribution in [-0.4, -0.2) is 32.5 Å². The maximum Gasteiger partial charge on any atom is 0.306 e. The van der Waals surface area contributed by atoms with Gasteiger partial charge in [-0.25, -0.2) is 8.42 Å². The maximum absolute atomic E-state index is 12.3. The summed E-state index contributed by atoms with van der Waals surface area (Å²) in [5.74, 6) is -0.0447. The number of hydrogen-bond donors (Lipinski definition) is 1. The minimum Gasteiger partial charge on any atom is -0.454 e. The van der Waals surface area contributed by atoms with Crippen LogP contribution in [0, 0.1) is 5.92 Å². The fourth-order valence-electron chi connectivity index (χ4n) is 3.08. The van der Waals surface area contributed by atoms with Gasteiger partial charge in [-0.05, 0) is 43.5 Å². The van der Waals surface area contributed by atoms with Crippen molar-refractivity contribution in [3.8, 4) is 0 Å². The summed E-state index contributed by atoms with van der Waals surface area (Å²) in [5, 5.41) is 0. The van der Waals surface area contributed by atoms with Gasteiger partial charge in [-0.2, -0.15) is 0 Å². The molecule has 1 N–H and O–H groups in total. The van der Waals surface area contributed by atoms with Crippen molar-refractivity contribution in [1.29, 1.82) is 0 Å². The first-order valence-corrected chi connectivity index (χ1v) is 10.5. The molecular weight excluding hydrogens is 342 g/mol. The summed E-state index contributed by atoms with van der Waals surface area (Å²) in [5.41, 5.74) is 0.746. The Morgan fingerprint density at radius 3 is 2.36 bits per heavy atom. The summed E-state index contributed by atoms with van der Waals surface area (Å²) < 4.78 is 29.9. The van der Waals surface area contributed by atoms with E-state index in [2.05, 4.69) is 4.72 Å². The van der Waals surface area contributed by atoms with Gasteiger partial charge in [-0.15, -0.1) is 0 Å². The predicted octanol–water partition coefficient (Wildman–Crippen LogP) is 3.14. The monoisotopic (exact) mass is 367 g/mol. The highest BCUT2D eigenvalue weighted by Gasteiger charge is 2.21. The quantitative estimate of drug-likeness (QED) is 0.563. The molecule has 25 heavy (non-hydrogen) atoms. The number of rotatable bonds is 8. The number of carbonyl (C=O) groups excluding carboxylic acids is 2. The number of benzene rings is 1. The first-order chi connectivity index (χ1) is 11.7. The smallest absolute Gasteiger partial charge is 0.306 e. The Morgan fingerprint density at radius 1 is 1.20 bits per heavy atom. The lowest BCUT2D eigenvalue weighted by molar-refractivity contribution is -0.146. The van der Waals surface area contributed by atoms with Crippen molar-refractivity contribution in [1.82, 2.24) is 0 Å². The van der Waals surface area contributed by atoms with Crippen LogP contribution in [0.1, 0.15) is 55.8 Å². The van der Waals surface area contributed by atoms with Crippen LogP contribution >= 0.6 is 0 Å². The average Bonchev–Trinajstić information content (AvgIpc) is 3.05. The van der Waals surface area contributed by atoms with E-state index in [1.54, 1.807) is 6.92 Å². The first kappa shape index (κ1) is 19.4. The highest BCUT2D eigenvalue weighted by molar-refractivity contribution is 7.92. The number of hydrogen-bond acceptors (Lipinski definition) is 5. The molecule has 0 saturated heterocycles. The normalized spacial score (nSPS) is 16.4. The number of anilines is 1. The molecule has 1 atom stereocenters. The van der Waals surface area contributed by atoms with Gasteiger partial charge in [0.25, 0.3) is 0 Å². The molecule has 0 aromatic heterocycles. The maximum atomic E-state index is 12.3. The van der Waals surface area contributed by atoms with Crippen molar-refractivity contribution in [2.45, 2.75) is 51.6 Å². The van der Waals surface area contributed by atoms with Crippen LogP contribution in [0.3, 0.4) is 0 Å². The molecule has 0 aliphatic heterocycles. The minimum absolute atomic E-state index is 0.305. The zero-order chi connectivity index (χ0) is 18.4. The molecular formula is C18H25NO5S. The summed E-state index contributed by atoms with van der Waals surface area (Å²) in [6, 6.07) is 6.03. The fraction of sp³-hybridized carbons (Fsp3) is 0.556. The summed E-state index contributed by atoms with van der Waals surface area (Å²) >= 11 is 0. The van der Waals surface area contributed by atoms with Gasteiger partial charge in [0.05, 0.1) is 6.26 Å². The second-order valence-corrected chi connectivity index (χ2v) is 8.39. The van der Waals surface area contributed by atoms with Gasteiger partial charge in [0.15, 0.2) is 6.10 Å². The van der Waals surface area contributed by atoms with E-state index in [0.717, 1.165) is 12.7 Å². The molecule has 1 aromatic carbocycles. The molecule has 1 aromatic rings. The van der Waals surface area contributed by atoms with E-state index in [0.29, 0.717) is 23.6 Å². The van der Waals surface area contributed by atoms with E-state index in [1.807, 2.05) is 0 Å². The van der Waals surface area contributed by atoms with E-state index >= 15 is 0 Å². The molecule has 0 radical (unpaired) electrons. The first-order valence-electron chi connectivity index (χ1n) is 8.56. The third kappa shape index (κ3) is 6.49. The molecule has 138 valence electrons. The van der Waals surface area contributed by atoms with Crippen molar-refractivity contribution in [2.24, 2.45) is 5.92 Å². The molecule has 2 rings (SSSR count). The van der Waals surface area contributed by atoms with Crippen LogP contribution in [0.2, 0.25) is 0 Å². The van der Waals surface area contributed by atoms with Gasteiger partial charge in [0.2, 0.25) is 15.8 Å². The van der Waals surface area contributed by atoms with Crippen LogP contribution in [-0.2, 0) is 19.6 Å². The Morgan fingerprint density at radius 2 is 1.80 bits per heavy atom. The lowest BCUT2D eigenvalue weighted by Gasteiger charge is -2.14. The third-order valence-electron chi connectivity index (χ3n) is 4.38. The predicted molar refractivity (Wildman–Crippen MR) is 96.0 cm³/mol. The van der Waals surface area contributed by atoms with Crippen molar-refractivity contribution in [3.05, 3.63) is 29.8 Å². The van der Waals surface area contributed by atoms with Crippen LogP contribution in [0.4, 0.5) is 5.69 Å². The number of carbonyl (C=O) groups is 2. The Labute approximate surface area is 149 Å². The minimum atomic E-state index is -3.36. The van der Waals surface area contributed by atoms with Crippen LogP contribution < -0.4 is 4.72 Å². The van der Waals surface area contributed by atoms with Crippen molar-refractivity contribution >= 4 is 27.5 Å². The molecule has 1 aliphatic rings. The molecule has 0 spiro atoms. The number of ketones is 1. The zero-order valence-corrected chi connectivity index (χ0v) is 15.5. The van der Waals surface area contributed by atoms with E-state index in [9.17, 15) is 18.0 Å². The Balaban J connectivity index is 1.85. The Hall–Kier alpha value is -1.89. The molecule has 1 saturated carbocycles. The van der Waals surface area contributed by atoms with Gasteiger partial charge >= 0.3 is 5.97 Å². The number of Topliss-reactive ketones (excluding diaryl/α,β-unsaturated/α-hetero) is 1.